The normalized spacial score (nSPS) is 18.3. The summed E-state index contributed by atoms with van der Waals surface area (Å²) in [4.78, 5) is 35.4. The molecule has 1 aromatic heterocycles. The van der Waals surface area contributed by atoms with Crippen LogP contribution in [0.25, 0.3) is 10.9 Å². The van der Waals surface area contributed by atoms with Gasteiger partial charge in [-0.15, -0.1) is 0 Å². The maximum atomic E-state index is 13.7. The van der Waals surface area contributed by atoms with E-state index in [9.17, 15) is 31.5 Å². The number of amides is 1. The Hall–Kier alpha value is -4.03. The topological polar surface area (TPSA) is 96.5 Å². The van der Waals surface area contributed by atoms with E-state index in [2.05, 4.69) is 25.3 Å². The molecule has 4 rings (SSSR count). The van der Waals surface area contributed by atoms with Crippen molar-refractivity contribution < 1.29 is 36.3 Å². The lowest BCUT2D eigenvalue weighted by molar-refractivity contribution is -0.205. The number of alkyl halides is 3. The molecule has 39 heavy (non-hydrogen) atoms. The number of carbonyl (C=O) groups is 2. The van der Waals surface area contributed by atoms with E-state index in [0.29, 0.717) is 49.8 Å². The molecule has 3 aromatic rings. The molecule has 1 saturated carbocycles. The molecule has 2 aromatic carbocycles. The summed E-state index contributed by atoms with van der Waals surface area (Å²) in [5.74, 6) is -4.83. The Kier molecular flexibility index (Phi) is 8.17. The van der Waals surface area contributed by atoms with Crippen LogP contribution in [-0.4, -0.2) is 54.2 Å². The number of benzene rings is 2. The van der Waals surface area contributed by atoms with E-state index in [1.54, 1.807) is 0 Å². The number of fused-ring (bicyclic) bond motifs is 1. The van der Waals surface area contributed by atoms with Gasteiger partial charge in [-0.25, -0.2) is 18.6 Å². The summed E-state index contributed by atoms with van der Waals surface area (Å²) in [6, 6.07) is 8.87. The van der Waals surface area contributed by atoms with Gasteiger partial charge >= 0.3 is 12.1 Å². The Morgan fingerprint density at radius 1 is 0.974 bits per heavy atom. The molecular formula is C26H26F5N5O3. The van der Waals surface area contributed by atoms with E-state index >= 15 is 0 Å². The van der Waals surface area contributed by atoms with Gasteiger partial charge in [0.15, 0.2) is 0 Å². The van der Waals surface area contributed by atoms with Gasteiger partial charge in [0, 0.05) is 43.2 Å². The lowest BCUT2D eigenvalue weighted by Gasteiger charge is -2.31. The minimum Gasteiger partial charge on any atom is -0.441 e. The van der Waals surface area contributed by atoms with Crippen LogP contribution in [-0.2, 0) is 14.3 Å². The molecule has 0 radical (unpaired) electrons. The number of halogens is 5. The summed E-state index contributed by atoms with van der Waals surface area (Å²) in [5.41, 5.74) is 0.219. The highest BCUT2D eigenvalue weighted by Gasteiger charge is 2.44. The first-order chi connectivity index (χ1) is 18.4. The van der Waals surface area contributed by atoms with Crippen molar-refractivity contribution in [1.82, 2.24) is 15.3 Å². The first kappa shape index (κ1) is 28.0. The van der Waals surface area contributed by atoms with Crippen LogP contribution < -0.4 is 15.5 Å². The van der Waals surface area contributed by atoms with Crippen molar-refractivity contribution in [2.75, 3.05) is 24.3 Å². The highest BCUT2D eigenvalue weighted by molar-refractivity contribution is 5.90. The van der Waals surface area contributed by atoms with Gasteiger partial charge in [-0.3, -0.25) is 4.79 Å². The number of ether oxygens (including phenoxy) is 1. The fraction of sp³-hybridized carbons (Fsp3) is 0.385. The lowest BCUT2D eigenvalue weighted by atomic mass is 9.91. The zero-order valence-electron chi connectivity index (χ0n) is 21.1. The van der Waals surface area contributed by atoms with Gasteiger partial charge in [0.2, 0.25) is 12.1 Å². The highest BCUT2D eigenvalue weighted by Crippen LogP contribution is 2.29. The van der Waals surface area contributed by atoms with E-state index in [4.69, 9.17) is 0 Å². The smallest absolute Gasteiger partial charge is 0.441 e. The summed E-state index contributed by atoms with van der Waals surface area (Å²) >= 11 is 0. The van der Waals surface area contributed by atoms with Crippen LogP contribution in [0.5, 0.6) is 0 Å². The van der Waals surface area contributed by atoms with Gasteiger partial charge in [-0.05, 0) is 49.9 Å². The maximum absolute atomic E-state index is 13.7. The van der Waals surface area contributed by atoms with E-state index in [1.807, 2.05) is 43.3 Å². The summed E-state index contributed by atoms with van der Waals surface area (Å²) in [7, 11) is 3.76. The number of hydrogen-bond donors (Lipinski definition) is 2. The fourth-order valence-corrected chi connectivity index (χ4v) is 4.48. The van der Waals surface area contributed by atoms with Crippen molar-refractivity contribution in [2.24, 2.45) is 0 Å². The molecule has 0 aliphatic heterocycles. The minimum absolute atomic E-state index is 0.0366. The standard InChI is InChI=1S/C26H26F5N5O3/c1-36(2)22-19-5-3-4-6-20(19)34-25(35-22)33-18-9-7-17(8-10-18)32-23(37)21(39-24(38)26(29,30)31)14-11-15(27)13-16(28)12-14/h3-6,11-13,17-18,21H,7-10H2,1-2H3,(H,32,37)(H,33,34,35)/t17-,18+,21?. The number of aromatic nitrogens is 2. The Labute approximate surface area is 220 Å². The zero-order valence-corrected chi connectivity index (χ0v) is 21.1. The Balaban J connectivity index is 1.42. The summed E-state index contributed by atoms with van der Waals surface area (Å²) in [5, 5.41) is 6.76. The number of nitrogens with zero attached hydrogens (tertiary/aromatic N) is 3. The van der Waals surface area contributed by atoms with Crippen molar-refractivity contribution in [2.45, 2.75) is 50.0 Å². The average molecular weight is 552 g/mol. The molecule has 208 valence electrons. The molecule has 13 heteroatoms. The Morgan fingerprint density at radius 2 is 1.59 bits per heavy atom. The fourth-order valence-electron chi connectivity index (χ4n) is 4.48. The van der Waals surface area contributed by atoms with Crippen molar-refractivity contribution in [1.29, 1.82) is 0 Å². The monoisotopic (exact) mass is 551 g/mol. The molecule has 0 bridgehead atoms. The lowest BCUT2D eigenvalue weighted by Crippen LogP contribution is -2.43. The largest absolute Gasteiger partial charge is 0.490 e. The molecule has 0 saturated heterocycles. The van der Waals surface area contributed by atoms with Gasteiger partial charge in [0.1, 0.15) is 17.5 Å². The first-order valence-electron chi connectivity index (χ1n) is 12.2. The molecule has 0 spiro atoms. The van der Waals surface area contributed by atoms with E-state index in [1.165, 1.54) is 0 Å². The Bertz CT molecular complexity index is 1340. The number of esters is 1. The molecular weight excluding hydrogens is 525 g/mol. The third-order valence-electron chi connectivity index (χ3n) is 6.30. The molecule has 1 amide bonds. The third-order valence-corrected chi connectivity index (χ3v) is 6.30. The van der Waals surface area contributed by atoms with Crippen LogP contribution in [0.3, 0.4) is 0 Å². The van der Waals surface area contributed by atoms with E-state index < -0.39 is 47.4 Å². The SMILES string of the molecule is CN(C)c1nc(N[C@H]2CC[C@@H](NC(=O)C(OC(=O)C(F)(F)F)c3cc(F)cc(F)c3)CC2)nc2ccccc12. The van der Waals surface area contributed by atoms with Gasteiger partial charge in [0.25, 0.3) is 5.91 Å². The van der Waals surface area contributed by atoms with Gasteiger partial charge in [-0.1, -0.05) is 12.1 Å². The molecule has 1 heterocycles. The summed E-state index contributed by atoms with van der Waals surface area (Å²) < 4.78 is 70.2. The number of rotatable bonds is 7. The molecule has 8 nitrogen and oxygen atoms in total. The van der Waals surface area contributed by atoms with Gasteiger partial charge in [-0.2, -0.15) is 18.2 Å². The third kappa shape index (κ3) is 6.89. The second-order valence-corrected chi connectivity index (χ2v) is 9.47. The van der Waals surface area contributed by atoms with Crippen molar-refractivity contribution in [3.8, 4) is 0 Å². The van der Waals surface area contributed by atoms with Gasteiger partial charge in [0.05, 0.1) is 5.52 Å². The summed E-state index contributed by atoms with van der Waals surface area (Å²) in [6.45, 7) is 0. The van der Waals surface area contributed by atoms with Gasteiger partial charge < -0.3 is 20.3 Å². The van der Waals surface area contributed by atoms with E-state index in [0.717, 1.165) is 16.7 Å². The highest BCUT2D eigenvalue weighted by atomic mass is 19.4. The second-order valence-electron chi connectivity index (χ2n) is 9.47. The average Bonchev–Trinajstić information content (AvgIpc) is 2.86. The Morgan fingerprint density at radius 3 is 2.21 bits per heavy atom. The molecule has 1 aliphatic rings. The van der Waals surface area contributed by atoms with Crippen LogP contribution in [0, 0.1) is 11.6 Å². The maximum Gasteiger partial charge on any atom is 0.490 e. The molecule has 2 N–H and O–H groups in total. The van der Waals surface area contributed by atoms with Crippen LogP contribution in [0.2, 0.25) is 0 Å². The predicted octanol–water partition coefficient (Wildman–Crippen LogP) is 4.66. The van der Waals surface area contributed by atoms with Crippen LogP contribution in [0.15, 0.2) is 42.5 Å². The van der Waals surface area contributed by atoms with Crippen molar-refractivity contribution in [3.05, 3.63) is 59.7 Å². The quantitative estimate of drug-likeness (QED) is 0.326. The number of nitrogens with one attached hydrogen (secondary N) is 2. The number of anilines is 2. The number of carbonyl (C=O) groups excluding carboxylic acids is 2. The molecule has 1 fully saturated rings. The number of para-hydroxylation sites is 1. The molecule has 1 unspecified atom stereocenters. The van der Waals surface area contributed by atoms with Crippen molar-refractivity contribution >= 4 is 34.5 Å². The van der Waals surface area contributed by atoms with Crippen LogP contribution >= 0.6 is 0 Å². The molecule has 1 aliphatic carbocycles. The second kappa shape index (κ2) is 11.4. The number of hydrogen-bond acceptors (Lipinski definition) is 7. The molecule has 1 atom stereocenters. The summed E-state index contributed by atoms with van der Waals surface area (Å²) in [6.07, 6.45) is -5.56. The van der Waals surface area contributed by atoms with Crippen LogP contribution in [0.4, 0.5) is 33.7 Å². The van der Waals surface area contributed by atoms with Crippen molar-refractivity contribution in [3.63, 3.8) is 0 Å². The first-order valence-corrected chi connectivity index (χ1v) is 12.2. The van der Waals surface area contributed by atoms with Crippen LogP contribution in [0.1, 0.15) is 37.4 Å². The zero-order chi connectivity index (χ0) is 28.3. The van der Waals surface area contributed by atoms with E-state index in [-0.39, 0.29) is 6.04 Å². The minimum atomic E-state index is -5.40. The predicted molar refractivity (Wildman–Crippen MR) is 133 cm³/mol.